The molecule has 8 heteroatoms. The Kier molecular flexibility index (Phi) is 8.50. The second-order valence-electron chi connectivity index (χ2n) is 9.47. The van der Waals surface area contributed by atoms with Crippen LogP contribution < -0.4 is 4.90 Å². The van der Waals surface area contributed by atoms with Crippen molar-refractivity contribution in [3.8, 4) is 0 Å². The molecule has 178 valence electrons. The molecule has 32 heavy (non-hydrogen) atoms. The standard InChI is InChI=1S/C24H34INO5S/c1-15-3-5-16(6-4-15)23(27)26(20-13-21(25)32-22(20)24(28)29-2)17-7-9-18(10-8-17)31-19-11-12-30-14-19/h13,15-19H,3-12,14H2,1-2H3. The predicted molar refractivity (Wildman–Crippen MR) is 133 cm³/mol. The largest absolute Gasteiger partial charge is 0.465 e. The summed E-state index contributed by atoms with van der Waals surface area (Å²) in [5.41, 5.74) is 0.739. The van der Waals surface area contributed by atoms with Crippen LogP contribution in [0.25, 0.3) is 0 Å². The number of hydrogen-bond donors (Lipinski definition) is 0. The van der Waals surface area contributed by atoms with Crippen molar-refractivity contribution in [1.82, 2.24) is 0 Å². The van der Waals surface area contributed by atoms with E-state index in [-0.39, 0.29) is 36.0 Å². The number of rotatable bonds is 6. The normalized spacial score (nSPS) is 30.8. The van der Waals surface area contributed by atoms with Gasteiger partial charge in [-0.05, 0) is 92.4 Å². The van der Waals surface area contributed by atoms with Crippen molar-refractivity contribution in [2.75, 3.05) is 25.2 Å². The number of ether oxygens (including phenoxy) is 3. The Balaban J connectivity index is 1.53. The number of nitrogens with zero attached hydrogens (tertiary/aromatic N) is 1. The van der Waals surface area contributed by atoms with Gasteiger partial charge < -0.3 is 19.1 Å². The molecule has 0 aromatic carbocycles. The molecule has 1 atom stereocenters. The lowest BCUT2D eigenvalue weighted by atomic mass is 9.81. The van der Waals surface area contributed by atoms with Gasteiger partial charge in [-0.1, -0.05) is 6.92 Å². The van der Waals surface area contributed by atoms with E-state index in [1.165, 1.54) is 18.4 Å². The van der Waals surface area contributed by atoms with Gasteiger partial charge in [0, 0.05) is 18.6 Å². The van der Waals surface area contributed by atoms with Gasteiger partial charge in [-0.2, -0.15) is 0 Å². The molecule has 3 fully saturated rings. The number of thiophene rings is 1. The first kappa shape index (κ1) is 24.4. The molecule has 4 rings (SSSR count). The molecule has 0 spiro atoms. The minimum Gasteiger partial charge on any atom is -0.465 e. The summed E-state index contributed by atoms with van der Waals surface area (Å²) in [5, 5.41) is 0. The molecule has 3 aliphatic rings. The topological polar surface area (TPSA) is 65.1 Å². The third-order valence-electron chi connectivity index (χ3n) is 7.20. The van der Waals surface area contributed by atoms with Gasteiger partial charge in [0.1, 0.15) is 4.88 Å². The van der Waals surface area contributed by atoms with Crippen LogP contribution in [0.4, 0.5) is 5.69 Å². The Bertz CT molecular complexity index is 792. The molecule has 1 unspecified atom stereocenters. The Morgan fingerprint density at radius 2 is 1.78 bits per heavy atom. The lowest BCUT2D eigenvalue weighted by molar-refractivity contribution is -0.124. The van der Waals surface area contributed by atoms with Crippen LogP contribution in [0, 0.1) is 14.7 Å². The van der Waals surface area contributed by atoms with Gasteiger partial charge in [0.15, 0.2) is 0 Å². The smallest absolute Gasteiger partial charge is 0.350 e. The molecule has 1 amide bonds. The van der Waals surface area contributed by atoms with Crippen molar-refractivity contribution in [1.29, 1.82) is 0 Å². The molecule has 1 aliphatic heterocycles. The highest BCUT2D eigenvalue weighted by atomic mass is 127. The highest BCUT2D eigenvalue weighted by molar-refractivity contribution is 14.1. The van der Waals surface area contributed by atoms with Crippen molar-refractivity contribution in [3.05, 3.63) is 13.8 Å². The number of esters is 1. The first-order valence-corrected chi connectivity index (χ1v) is 13.8. The summed E-state index contributed by atoms with van der Waals surface area (Å²) < 4.78 is 17.8. The summed E-state index contributed by atoms with van der Waals surface area (Å²) in [6.45, 7) is 3.75. The summed E-state index contributed by atoms with van der Waals surface area (Å²) in [7, 11) is 1.41. The van der Waals surface area contributed by atoms with E-state index in [4.69, 9.17) is 14.2 Å². The second-order valence-corrected chi connectivity index (χ2v) is 12.4. The van der Waals surface area contributed by atoms with E-state index in [2.05, 4.69) is 29.5 Å². The number of carbonyl (C=O) groups is 2. The maximum atomic E-state index is 13.9. The molecule has 1 aromatic heterocycles. The number of anilines is 1. The van der Waals surface area contributed by atoms with Crippen LogP contribution in [0.3, 0.4) is 0 Å². The van der Waals surface area contributed by atoms with Crippen molar-refractivity contribution in [3.63, 3.8) is 0 Å². The molecule has 1 aromatic rings. The highest BCUT2D eigenvalue weighted by Gasteiger charge is 2.38. The molecule has 6 nitrogen and oxygen atoms in total. The number of amides is 1. The minimum atomic E-state index is -0.360. The van der Waals surface area contributed by atoms with Crippen LogP contribution in [0.1, 0.15) is 74.4 Å². The summed E-state index contributed by atoms with van der Waals surface area (Å²) in [6, 6.07) is 2.08. The fourth-order valence-electron chi connectivity index (χ4n) is 5.30. The Hall–Kier alpha value is -0.710. The monoisotopic (exact) mass is 575 g/mol. The second kappa shape index (κ2) is 11.1. The maximum absolute atomic E-state index is 13.9. The number of carbonyl (C=O) groups excluding carboxylic acids is 2. The van der Waals surface area contributed by atoms with E-state index < -0.39 is 0 Å². The fourth-order valence-corrected chi connectivity index (χ4v) is 7.05. The minimum absolute atomic E-state index is 0.0406. The van der Waals surface area contributed by atoms with E-state index in [0.29, 0.717) is 17.4 Å². The third kappa shape index (κ3) is 5.67. The van der Waals surface area contributed by atoms with Gasteiger partial charge in [-0.3, -0.25) is 4.79 Å². The first-order chi connectivity index (χ1) is 15.5. The molecule has 2 aliphatic carbocycles. The fraction of sp³-hybridized carbons (Fsp3) is 0.750. The molecular formula is C24H34INO5S. The quantitative estimate of drug-likeness (QED) is 0.335. The molecule has 0 bridgehead atoms. The van der Waals surface area contributed by atoms with Gasteiger partial charge in [0.2, 0.25) is 5.91 Å². The molecule has 2 heterocycles. The molecule has 2 saturated carbocycles. The van der Waals surface area contributed by atoms with Crippen LogP contribution in [0.2, 0.25) is 0 Å². The van der Waals surface area contributed by atoms with Crippen molar-refractivity contribution < 1.29 is 23.8 Å². The Labute approximate surface area is 208 Å². The lowest BCUT2D eigenvalue weighted by Crippen LogP contribution is -2.47. The number of halogens is 1. The van der Waals surface area contributed by atoms with Crippen LogP contribution in [-0.2, 0) is 19.0 Å². The summed E-state index contributed by atoms with van der Waals surface area (Å²) in [6.07, 6.45) is 9.12. The Morgan fingerprint density at radius 3 is 2.41 bits per heavy atom. The average molecular weight is 576 g/mol. The average Bonchev–Trinajstić information content (AvgIpc) is 3.44. The van der Waals surface area contributed by atoms with Crippen molar-refractivity contribution in [2.45, 2.75) is 83.0 Å². The predicted octanol–water partition coefficient (Wildman–Crippen LogP) is 5.42. The maximum Gasteiger partial charge on any atom is 0.350 e. The number of methoxy groups -OCH3 is 1. The molecule has 1 saturated heterocycles. The van der Waals surface area contributed by atoms with Gasteiger partial charge in [-0.25, -0.2) is 4.79 Å². The van der Waals surface area contributed by atoms with Gasteiger partial charge in [-0.15, -0.1) is 11.3 Å². The zero-order valence-electron chi connectivity index (χ0n) is 19.0. The molecule has 0 radical (unpaired) electrons. The van der Waals surface area contributed by atoms with Gasteiger partial charge in [0.25, 0.3) is 0 Å². The number of hydrogen-bond acceptors (Lipinski definition) is 6. The van der Waals surface area contributed by atoms with Gasteiger partial charge in [0.05, 0.1) is 34.5 Å². The highest BCUT2D eigenvalue weighted by Crippen LogP contribution is 2.39. The first-order valence-electron chi connectivity index (χ1n) is 11.9. The van der Waals surface area contributed by atoms with E-state index in [1.807, 2.05) is 11.0 Å². The summed E-state index contributed by atoms with van der Waals surface area (Å²) in [5.74, 6) is 0.553. The molecular weight excluding hydrogens is 541 g/mol. The van der Waals surface area contributed by atoms with E-state index in [9.17, 15) is 9.59 Å². The van der Waals surface area contributed by atoms with Gasteiger partial charge >= 0.3 is 5.97 Å². The SMILES string of the molecule is COC(=O)c1sc(I)cc1N(C(=O)C1CCC(C)CC1)C1CCC(OC2CCOC2)CC1. The Morgan fingerprint density at radius 1 is 1.06 bits per heavy atom. The van der Waals surface area contributed by atoms with Crippen molar-refractivity contribution in [2.24, 2.45) is 11.8 Å². The van der Waals surface area contributed by atoms with Crippen molar-refractivity contribution >= 4 is 51.5 Å². The lowest BCUT2D eigenvalue weighted by Gasteiger charge is -2.40. The molecule has 0 N–H and O–H groups in total. The zero-order chi connectivity index (χ0) is 22.7. The zero-order valence-corrected chi connectivity index (χ0v) is 22.0. The van der Waals surface area contributed by atoms with E-state index >= 15 is 0 Å². The van der Waals surface area contributed by atoms with Crippen LogP contribution in [0.15, 0.2) is 6.07 Å². The summed E-state index contributed by atoms with van der Waals surface area (Å²) in [4.78, 5) is 28.9. The van der Waals surface area contributed by atoms with E-state index in [0.717, 1.165) is 73.0 Å². The van der Waals surface area contributed by atoms with Crippen LogP contribution in [-0.4, -0.2) is 50.4 Å². The third-order valence-corrected chi connectivity index (χ3v) is 9.06. The van der Waals surface area contributed by atoms with Crippen LogP contribution in [0.5, 0.6) is 0 Å². The van der Waals surface area contributed by atoms with Crippen LogP contribution >= 0.6 is 33.9 Å². The summed E-state index contributed by atoms with van der Waals surface area (Å²) >= 11 is 3.64. The van der Waals surface area contributed by atoms with E-state index in [1.54, 1.807) is 0 Å².